The van der Waals surface area contributed by atoms with Gasteiger partial charge in [0.25, 0.3) is 0 Å². The number of carbonyl (C=O) groups is 4. The normalized spacial score (nSPS) is 17.7. The minimum atomic E-state index is -4.02. The molecule has 0 radical (unpaired) electrons. The number of hydrogen-bond acceptors (Lipinski definition) is 7. The summed E-state index contributed by atoms with van der Waals surface area (Å²) in [6.07, 6.45) is 3.92. The summed E-state index contributed by atoms with van der Waals surface area (Å²) in [5, 5.41) is 5.23. The predicted octanol–water partition coefficient (Wildman–Crippen LogP) is 4.33. The number of ether oxygens (including phenoxy) is 1. The van der Waals surface area contributed by atoms with E-state index in [-0.39, 0.29) is 31.1 Å². The molecule has 1 aliphatic carbocycles. The zero-order chi connectivity index (χ0) is 33.9. The van der Waals surface area contributed by atoms with Gasteiger partial charge >= 0.3 is 5.92 Å². The monoisotopic (exact) mass is 636 g/mol. The zero-order valence-electron chi connectivity index (χ0n) is 27.7. The lowest BCUT2D eigenvalue weighted by Gasteiger charge is -2.38. The van der Waals surface area contributed by atoms with Crippen LogP contribution in [0.3, 0.4) is 0 Å². The SMILES string of the molecule is CCCC(N)C(F)(F)C(=O)C(NC(=O)[C@@H](NC(=O)CC(C)C)C(C)C)C(C(=O)[C@@H](N)Cc1ccc(OC)cc1)C1CCCCC1. The average Bonchev–Trinajstić information content (AvgIpc) is 2.99. The quantitative estimate of drug-likeness (QED) is 0.187. The molecule has 1 aliphatic rings. The molecule has 2 amide bonds. The van der Waals surface area contributed by atoms with Crippen molar-refractivity contribution in [2.45, 2.75) is 122 Å². The van der Waals surface area contributed by atoms with E-state index in [1.165, 1.54) is 7.11 Å². The summed E-state index contributed by atoms with van der Waals surface area (Å²) in [5.74, 6) is -8.91. The van der Waals surface area contributed by atoms with Crippen LogP contribution in [-0.2, 0) is 25.6 Å². The first kappa shape index (κ1) is 38.3. The standard InChI is InChI=1S/C34H54F2N4O5/c1-7-11-26(38)34(35,36)32(43)30(40-33(44)29(21(4)5)39-27(41)18-20(2)3)28(23-12-9-8-10-13-23)31(42)25(37)19-22-14-16-24(45-6)17-15-22/h14-17,20-21,23,25-26,28-30H,7-13,18-19,37-38H2,1-6H3,(H,39,41)(H,40,44)/t25-,26?,28?,29-,30?/m0/s1. The van der Waals surface area contributed by atoms with Crippen LogP contribution in [0.1, 0.15) is 91.5 Å². The molecule has 9 nitrogen and oxygen atoms in total. The molecular formula is C34H54F2N4O5. The molecule has 0 saturated heterocycles. The van der Waals surface area contributed by atoms with Crippen LogP contribution < -0.4 is 26.8 Å². The number of amides is 2. The van der Waals surface area contributed by atoms with Gasteiger partial charge in [-0.25, -0.2) is 0 Å². The van der Waals surface area contributed by atoms with Crippen LogP contribution >= 0.6 is 0 Å². The van der Waals surface area contributed by atoms with E-state index in [0.717, 1.165) is 24.8 Å². The number of alkyl halides is 2. The highest BCUT2D eigenvalue weighted by molar-refractivity contribution is 6.01. The molecule has 254 valence electrons. The number of methoxy groups -OCH3 is 1. The van der Waals surface area contributed by atoms with Crippen molar-refractivity contribution in [1.29, 1.82) is 0 Å². The highest BCUT2D eigenvalue weighted by atomic mass is 19.3. The van der Waals surface area contributed by atoms with E-state index in [1.807, 2.05) is 13.8 Å². The van der Waals surface area contributed by atoms with Crippen LogP contribution in [0.15, 0.2) is 24.3 Å². The number of hydrogen-bond donors (Lipinski definition) is 4. The fraction of sp³-hybridized carbons (Fsp3) is 0.706. The lowest BCUT2D eigenvalue weighted by atomic mass is 9.71. The molecular weight excluding hydrogens is 582 g/mol. The summed E-state index contributed by atoms with van der Waals surface area (Å²) in [5.41, 5.74) is 13.0. The van der Waals surface area contributed by atoms with Crippen LogP contribution in [0.4, 0.5) is 8.78 Å². The van der Waals surface area contributed by atoms with E-state index in [1.54, 1.807) is 45.0 Å². The molecule has 3 unspecified atom stereocenters. The first-order valence-electron chi connectivity index (χ1n) is 16.3. The third-order valence-corrected chi connectivity index (χ3v) is 8.66. The third kappa shape index (κ3) is 10.8. The molecule has 2 rings (SSSR count). The van der Waals surface area contributed by atoms with Gasteiger partial charge in [0.15, 0.2) is 5.78 Å². The summed E-state index contributed by atoms with van der Waals surface area (Å²) in [7, 11) is 1.53. The Balaban J connectivity index is 2.56. The summed E-state index contributed by atoms with van der Waals surface area (Å²) in [6, 6.07) is 1.07. The highest BCUT2D eigenvalue weighted by Gasteiger charge is 2.53. The molecule has 5 atom stereocenters. The molecule has 1 aromatic rings. The lowest BCUT2D eigenvalue weighted by Crippen LogP contribution is -2.63. The van der Waals surface area contributed by atoms with Gasteiger partial charge in [-0.1, -0.05) is 72.4 Å². The van der Waals surface area contributed by atoms with E-state index < -0.39 is 65.3 Å². The number of nitrogens with one attached hydrogen (secondary N) is 2. The molecule has 0 bridgehead atoms. The van der Waals surface area contributed by atoms with Crippen molar-refractivity contribution in [2.75, 3.05) is 7.11 Å². The van der Waals surface area contributed by atoms with E-state index in [9.17, 15) is 19.2 Å². The largest absolute Gasteiger partial charge is 0.497 e. The molecule has 1 fully saturated rings. The molecule has 6 N–H and O–H groups in total. The van der Waals surface area contributed by atoms with E-state index in [0.29, 0.717) is 25.0 Å². The molecule has 0 spiro atoms. The van der Waals surface area contributed by atoms with Gasteiger partial charge < -0.3 is 26.8 Å². The van der Waals surface area contributed by atoms with E-state index in [4.69, 9.17) is 16.2 Å². The second-order valence-electron chi connectivity index (χ2n) is 13.2. The van der Waals surface area contributed by atoms with Crippen LogP contribution in [0.5, 0.6) is 5.75 Å². The van der Waals surface area contributed by atoms with Gasteiger partial charge in [-0.3, -0.25) is 19.2 Å². The fourth-order valence-corrected chi connectivity index (χ4v) is 6.11. The maximum absolute atomic E-state index is 15.8. The van der Waals surface area contributed by atoms with Gasteiger partial charge in [-0.15, -0.1) is 0 Å². The van der Waals surface area contributed by atoms with Crippen LogP contribution in [0.2, 0.25) is 0 Å². The highest BCUT2D eigenvalue weighted by Crippen LogP contribution is 2.36. The summed E-state index contributed by atoms with van der Waals surface area (Å²) in [4.78, 5) is 54.5. The number of carbonyl (C=O) groups excluding carboxylic acids is 4. The summed E-state index contributed by atoms with van der Waals surface area (Å²) < 4.78 is 36.7. The topological polar surface area (TPSA) is 154 Å². The summed E-state index contributed by atoms with van der Waals surface area (Å²) >= 11 is 0. The molecule has 45 heavy (non-hydrogen) atoms. The smallest absolute Gasteiger partial charge is 0.322 e. The minimum Gasteiger partial charge on any atom is -0.497 e. The number of benzene rings is 1. The number of rotatable bonds is 18. The number of Topliss-reactive ketones (excluding diaryl/α,β-unsaturated/α-hetero) is 2. The Hall–Kier alpha value is -2.92. The van der Waals surface area contributed by atoms with Gasteiger partial charge in [-0.05, 0) is 61.1 Å². The van der Waals surface area contributed by atoms with Gasteiger partial charge in [-0.2, -0.15) is 8.78 Å². The second-order valence-corrected chi connectivity index (χ2v) is 13.2. The van der Waals surface area contributed by atoms with Crippen molar-refractivity contribution < 1.29 is 32.7 Å². The van der Waals surface area contributed by atoms with Gasteiger partial charge in [0.1, 0.15) is 17.8 Å². The van der Waals surface area contributed by atoms with Crippen molar-refractivity contribution in [3.8, 4) is 5.75 Å². The second kappa shape index (κ2) is 17.7. The molecule has 0 aliphatic heterocycles. The van der Waals surface area contributed by atoms with Crippen molar-refractivity contribution in [2.24, 2.45) is 35.1 Å². The van der Waals surface area contributed by atoms with Crippen molar-refractivity contribution in [3.63, 3.8) is 0 Å². The third-order valence-electron chi connectivity index (χ3n) is 8.66. The lowest BCUT2D eigenvalue weighted by molar-refractivity contribution is -0.154. The Bertz CT molecular complexity index is 1120. The molecule has 11 heteroatoms. The molecule has 1 saturated carbocycles. The maximum atomic E-state index is 15.8. The first-order chi connectivity index (χ1) is 21.1. The van der Waals surface area contributed by atoms with Gasteiger partial charge in [0, 0.05) is 12.3 Å². The van der Waals surface area contributed by atoms with Crippen molar-refractivity contribution >= 4 is 23.4 Å². The zero-order valence-corrected chi connectivity index (χ0v) is 27.7. The Labute approximate surface area is 267 Å². The summed E-state index contributed by atoms with van der Waals surface area (Å²) in [6.45, 7) is 8.80. The predicted molar refractivity (Wildman–Crippen MR) is 171 cm³/mol. The minimum absolute atomic E-state index is 0.0226. The van der Waals surface area contributed by atoms with Crippen molar-refractivity contribution in [1.82, 2.24) is 10.6 Å². The fourth-order valence-electron chi connectivity index (χ4n) is 6.11. The number of ketones is 2. The number of nitrogens with two attached hydrogens (primary N) is 2. The molecule has 1 aromatic carbocycles. The number of halogens is 2. The van der Waals surface area contributed by atoms with Crippen LogP contribution in [0, 0.1) is 23.7 Å². The Morgan fingerprint density at radius 3 is 2.07 bits per heavy atom. The molecule has 0 heterocycles. The molecule has 0 aromatic heterocycles. The van der Waals surface area contributed by atoms with Crippen LogP contribution in [-0.4, -0.2) is 60.6 Å². The van der Waals surface area contributed by atoms with Crippen LogP contribution in [0.25, 0.3) is 0 Å². The van der Waals surface area contributed by atoms with E-state index in [2.05, 4.69) is 10.6 Å². The first-order valence-corrected chi connectivity index (χ1v) is 16.3. The van der Waals surface area contributed by atoms with Crippen molar-refractivity contribution in [3.05, 3.63) is 29.8 Å². The average molecular weight is 637 g/mol. The Kier molecular flexibility index (Phi) is 15.0. The van der Waals surface area contributed by atoms with Gasteiger partial charge in [0.05, 0.1) is 19.2 Å². The van der Waals surface area contributed by atoms with E-state index >= 15 is 8.78 Å². The van der Waals surface area contributed by atoms with Gasteiger partial charge in [0.2, 0.25) is 17.6 Å². The Morgan fingerprint density at radius 1 is 0.956 bits per heavy atom. The maximum Gasteiger partial charge on any atom is 0.322 e. The Morgan fingerprint density at radius 2 is 1.56 bits per heavy atom.